The first-order chi connectivity index (χ1) is 17.9. The summed E-state index contributed by atoms with van der Waals surface area (Å²) in [4.78, 5) is 6.27. The van der Waals surface area contributed by atoms with Gasteiger partial charge in [-0.3, -0.25) is 4.40 Å². The lowest BCUT2D eigenvalue weighted by molar-refractivity contribution is 0.202. The van der Waals surface area contributed by atoms with Crippen molar-refractivity contribution in [3.8, 4) is 11.3 Å². The second-order valence-corrected chi connectivity index (χ2v) is 12.8. The van der Waals surface area contributed by atoms with Gasteiger partial charge in [0.1, 0.15) is 6.33 Å². The van der Waals surface area contributed by atoms with Gasteiger partial charge in [-0.05, 0) is 79.9 Å². The van der Waals surface area contributed by atoms with Crippen LogP contribution in [0.1, 0.15) is 61.6 Å². The summed E-state index contributed by atoms with van der Waals surface area (Å²) in [6.45, 7) is 11.7. The van der Waals surface area contributed by atoms with Crippen molar-refractivity contribution in [1.82, 2.24) is 28.8 Å². The Morgan fingerprint density at radius 1 is 1.19 bits per heavy atom. The molecule has 6 rings (SSSR count). The minimum absolute atomic E-state index is 0.353. The Morgan fingerprint density at radius 3 is 2.73 bits per heavy atom. The number of hydrogen-bond acceptors (Lipinski definition) is 4. The molecule has 2 aliphatic heterocycles. The lowest BCUT2D eigenvalue weighted by atomic mass is 9.87. The van der Waals surface area contributed by atoms with E-state index in [1.54, 1.807) is 6.33 Å². The molecule has 0 bridgehead atoms. The van der Waals surface area contributed by atoms with Crippen molar-refractivity contribution in [1.29, 1.82) is 0 Å². The summed E-state index contributed by atoms with van der Waals surface area (Å²) in [5.74, 6) is 1.77. The predicted octanol–water partition coefficient (Wildman–Crippen LogP) is 5.51. The van der Waals surface area contributed by atoms with Crippen molar-refractivity contribution in [2.24, 2.45) is 0 Å². The fraction of sp³-hybridized carbons (Fsp3) is 0.500. The Balaban J connectivity index is 1.26. The monoisotopic (exact) mass is 538 g/mol. The predicted molar refractivity (Wildman–Crippen MR) is 152 cm³/mol. The topological polar surface area (TPSA) is 69.5 Å². The molecule has 0 aliphatic carbocycles. The Morgan fingerprint density at radius 2 is 2.00 bits per heavy atom. The second-order valence-electron chi connectivity index (χ2n) is 10.8. The van der Waals surface area contributed by atoms with Crippen LogP contribution in [0.15, 0.2) is 30.7 Å². The molecule has 2 aliphatic rings. The number of piperidine rings is 1. The van der Waals surface area contributed by atoms with E-state index in [2.05, 4.69) is 69.6 Å². The van der Waals surface area contributed by atoms with Crippen molar-refractivity contribution in [3.05, 3.63) is 52.4 Å². The molecular weight excluding hydrogens is 504 g/mol. The van der Waals surface area contributed by atoms with Gasteiger partial charge in [0.2, 0.25) is 0 Å². The summed E-state index contributed by atoms with van der Waals surface area (Å²) in [5, 5.41) is 10.2. The number of benzene rings is 1. The summed E-state index contributed by atoms with van der Waals surface area (Å²) in [5.41, 5.74) is 7.85. The van der Waals surface area contributed by atoms with E-state index in [4.69, 9.17) is 11.6 Å². The van der Waals surface area contributed by atoms with Gasteiger partial charge >= 0.3 is 0 Å². The van der Waals surface area contributed by atoms with Gasteiger partial charge in [0.05, 0.1) is 21.7 Å². The van der Waals surface area contributed by atoms with Crippen molar-refractivity contribution >= 4 is 39.1 Å². The fourth-order valence-corrected chi connectivity index (χ4v) is 7.61. The third kappa shape index (κ3) is 4.62. The Kier molecular flexibility index (Phi) is 6.86. The minimum Gasteiger partial charge on any atom is -0.354 e. The molecule has 0 amide bonds. The van der Waals surface area contributed by atoms with Gasteiger partial charge in [-0.15, -0.1) is 10.2 Å². The highest BCUT2D eigenvalue weighted by molar-refractivity contribution is 7.82. The maximum absolute atomic E-state index is 12.0. The maximum Gasteiger partial charge on any atom is 0.179 e. The standard InChI is InChI=1S/C28H35ClN6OS/c1-18(2)25-22-15-21(20-7-10-33(11-8-20)12-13-35-9-4-14-37(35)36)5-6-24(22)31-27(25)23-16-34-17-30-32-28(34)26(29)19(23)3/h5-6,15-18,20,31H,4,7-14H2,1-3H3. The van der Waals surface area contributed by atoms with E-state index in [0.717, 1.165) is 67.2 Å². The van der Waals surface area contributed by atoms with Crippen molar-refractivity contribution in [2.45, 2.75) is 51.9 Å². The zero-order chi connectivity index (χ0) is 25.7. The van der Waals surface area contributed by atoms with Crippen LogP contribution in [0.5, 0.6) is 0 Å². The van der Waals surface area contributed by atoms with Crippen LogP contribution in [0.25, 0.3) is 27.8 Å². The van der Waals surface area contributed by atoms with Crippen molar-refractivity contribution in [3.63, 3.8) is 0 Å². The summed E-state index contributed by atoms with van der Waals surface area (Å²) in [7, 11) is -0.752. The first-order valence-electron chi connectivity index (χ1n) is 13.4. The van der Waals surface area contributed by atoms with Gasteiger partial charge in [0.15, 0.2) is 5.65 Å². The maximum atomic E-state index is 12.0. The first-order valence-corrected chi connectivity index (χ1v) is 15.1. The Bertz CT molecular complexity index is 1470. The average Bonchev–Trinajstić information content (AvgIpc) is 3.63. The van der Waals surface area contributed by atoms with Crippen LogP contribution in [0.4, 0.5) is 0 Å². The normalized spacial score (nSPS) is 20.2. The first kappa shape index (κ1) is 25.0. The van der Waals surface area contributed by atoms with Crippen LogP contribution in [0.2, 0.25) is 5.02 Å². The lowest BCUT2D eigenvalue weighted by Crippen LogP contribution is -2.38. The highest BCUT2D eigenvalue weighted by atomic mass is 35.5. The molecule has 3 aromatic heterocycles. The average molecular weight is 539 g/mol. The number of nitrogens with one attached hydrogen (secondary N) is 1. The molecule has 2 fully saturated rings. The van der Waals surface area contributed by atoms with Crippen LogP contribution in [0, 0.1) is 6.92 Å². The zero-order valence-corrected chi connectivity index (χ0v) is 23.4. The molecule has 7 nitrogen and oxygen atoms in total. The van der Waals surface area contributed by atoms with E-state index in [9.17, 15) is 4.21 Å². The summed E-state index contributed by atoms with van der Waals surface area (Å²) in [6.07, 6.45) is 7.19. The molecule has 0 radical (unpaired) electrons. The van der Waals surface area contributed by atoms with Gasteiger partial charge in [-0.25, -0.2) is 8.51 Å². The molecule has 1 unspecified atom stereocenters. The van der Waals surface area contributed by atoms with Gasteiger partial charge in [0, 0.05) is 48.1 Å². The SMILES string of the molecule is Cc1c(-c2[nH]c3ccc(C4CCN(CCN5CCCS5=O)CC4)cc3c2C(C)C)cn2cnnc2c1Cl. The number of fused-ring (bicyclic) bond motifs is 2. The third-order valence-electron chi connectivity index (χ3n) is 8.22. The molecule has 37 heavy (non-hydrogen) atoms. The van der Waals surface area contributed by atoms with E-state index < -0.39 is 11.0 Å². The summed E-state index contributed by atoms with van der Waals surface area (Å²) < 4.78 is 16.1. The molecule has 0 spiro atoms. The summed E-state index contributed by atoms with van der Waals surface area (Å²) >= 11 is 6.70. The molecule has 1 atom stereocenters. The number of aromatic nitrogens is 4. The van der Waals surface area contributed by atoms with E-state index in [0.29, 0.717) is 22.5 Å². The number of aromatic amines is 1. The number of likely N-dealkylation sites (tertiary alicyclic amines) is 1. The number of rotatable bonds is 6. The Hall–Kier alpha value is -2.26. The zero-order valence-electron chi connectivity index (χ0n) is 21.8. The molecule has 9 heteroatoms. The number of hydrogen-bond donors (Lipinski definition) is 1. The smallest absolute Gasteiger partial charge is 0.179 e. The van der Waals surface area contributed by atoms with E-state index >= 15 is 0 Å². The highest BCUT2D eigenvalue weighted by Crippen LogP contribution is 2.40. The van der Waals surface area contributed by atoms with Crippen LogP contribution < -0.4 is 0 Å². The molecule has 4 aromatic rings. The molecule has 2 saturated heterocycles. The molecule has 0 saturated carbocycles. The number of nitrogens with zero attached hydrogens (tertiary/aromatic N) is 5. The van der Waals surface area contributed by atoms with Gasteiger partial charge in [0.25, 0.3) is 0 Å². The largest absolute Gasteiger partial charge is 0.354 e. The van der Waals surface area contributed by atoms with Crippen LogP contribution >= 0.6 is 11.6 Å². The number of H-pyrrole nitrogens is 1. The Labute approximate surface area is 225 Å². The van der Waals surface area contributed by atoms with Crippen molar-refractivity contribution < 1.29 is 4.21 Å². The fourth-order valence-electron chi connectivity index (χ4n) is 6.12. The molecule has 1 aromatic carbocycles. The number of halogens is 1. The quantitative estimate of drug-likeness (QED) is 0.351. The van der Waals surface area contributed by atoms with Crippen LogP contribution in [0.3, 0.4) is 0 Å². The van der Waals surface area contributed by atoms with Crippen LogP contribution in [-0.4, -0.2) is 71.5 Å². The van der Waals surface area contributed by atoms with Crippen LogP contribution in [-0.2, 0) is 11.0 Å². The molecule has 1 N–H and O–H groups in total. The van der Waals surface area contributed by atoms with E-state index in [1.165, 1.54) is 29.4 Å². The molecule has 5 heterocycles. The lowest BCUT2D eigenvalue weighted by Gasteiger charge is -2.33. The second kappa shape index (κ2) is 10.1. The van der Waals surface area contributed by atoms with Gasteiger partial charge < -0.3 is 9.88 Å². The molecular formula is C28H35ClN6OS. The highest BCUT2D eigenvalue weighted by Gasteiger charge is 2.25. The minimum atomic E-state index is -0.752. The molecule has 196 valence electrons. The van der Waals surface area contributed by atoms with Gasteiger partial charge in [-0.1, -0.05) is 31.5 Å². The van der Waals surface area contributed by atoms with E-state index in [-0.39, 0.29) is 0 Å². The van der Waals surface area contributed by atoms with Crippen molar-refractivity contribution in [2.75, 3.05) is 38.5 Å². The van der Waals surface area contributed by atoms with Gasteiger partial charge in [-0.2, -0.15) is 0 Å². The van der Waals surface area contributed by atoms with E-state index in [1.807, 2.05) is 4.40 Å². The summed E-state index contributed by atoms with van der Waals surface area (Å²) in [6, 6.07) is 6.99. The third-order valence-corrected chi connectivity index (χ3v) is 10.3. The number of pyridine rings is 1.